The molecule has 0 aliphatic heterocycles. The molecule has 0 radical (unpaired) electrons. The Bertz CT molecular complexity index is 3990. The molecule has 0 N–H and O–H groups in total. The molecule has 0 spiro atoms. The van der Waals surface area contributed by atoms with Crippen molar-refractivity contribution >= 4 is 43.6 Å². The fourth-order valence-corrected chi connectivity index (χ4v) is 9.01. The van der Waals surface area contributed by atoms with E-state index in [9.17, 15) is 6.85 Å². The zero-order chi connectivity index (χ0) is 47.1. The summed E-state index contributed by atoms with van der Waals surface area (Å²) in [5.74, 6) is 0. The number of rotatable bonds is 7. The maximum absolute atomic E-state index is 9.97. The SMILES string of the molecule is [2H]c1c([2H])c([2H])c2c(c1[2H])c1c([2H])c(-c3ccc4c(c3)c3cccc(-c5cccc(-c6ccccc6)c5)c3n4-c3ccc(-c4ccccc4)cc3)c([2H])c([2H])c1n2-c1ccc(-c2ccccc2)cc1. The van der Waals surface area contributed by atoms with Gasteiger partial charge in [0.15, 0.2) is 0 Å². The van der Waals surface area contributed by atoms with Gasteiger partial charge in [0, 0.05) is 38.5 Å². The Labute approximate surface area is 370 Å². The summed E-state index contributed by atoms with van der Waals surface area (Å²) < 4.78 is 69.1. The molecule has 2 heteroatoms. The van der Waals surface area contributed by atoms with Gasteiger partial charge in [0.05, 0.1) is 31.7 Å². The van der Waals surface area contributed by atoms with E-state index in [4.69, 9.17) is 2.74 Å². The first-order valence-corrected chi connectivity index (χ1v) is 20.8. The lowest BCUT2D eigenvalue weighted by Gasteiger charge is -2.13. The lowest BCUT2D eigenvalue weighted by atomic mass is 9.97. The van der Waals surface area contributed by atoms with E-state index < -0.39 is 12.1 Å². The van der Waals surface area contributed by atoms with Gasteiger partial charge in [-0.05, 0) is 111 Å². The van der Waals surface area contributed by atoms with Crippen LogP contribution in [0.15, 0.2) is 242 Å². The van der Waals surface area contributed by atoms with Crippen LogP contribution in [0.5, 0.6) is 0 Å². The zero-order valence-corrected chi connectivity index (χ0v) is 33.4. The molecule has 10 aromatic carbocycles. The molecule has 0 aliphatic rings. The van der Waals surface area contributed by atoms with Gasteiger partial charge in [-0.25, -0.2) is 0 Å². The van der Waals surface area contributed by atoms with E-state index in [0.717, 1.165) is 72.0 Å². The summed E-state index contributed by atoms with van der Waals surface area (Å²) in [6, 6.07) is 65.7. The van der Waals surface area contributed by atoms with Crippen molar-refractivity contribution in [3.05, 3.63) is 242 Å². The zero-order valence-electron chi connectivity index (χ0n) is 40.4. The number of para-hydroxylation sites is 2. The largest absolute Gasteiger partial charge is 0.309 e. The quantitative estimate of drug-likeness (QED) is 0.152. The Morgan fingerprint density at radius 1 is 0.290 bits per heavy atom. The Kier molecular flexibility index (Phi) is 6.95. The van der Waals surface area contributed by atoms with Gasteiger partial charge in [0.2, 0.25) is 0 Å². The summed E-state index contributed by atoms with van der Waals surface area (Å²) in [7, 11) is 0. The van der Waals surface area contributed by atoms with Gasteiger partial charge < -0.3 is 9.13 Å². The normalized spacial score (nSPS) is 13.1. The van der Waals surface area contributed by atoms with E-state index in [0.29, 0.717) is 11.3 Å². The average Bonchev–Trinajstić information content (AvgIpc) is 3.94. The summed E-state index contributed by atoms with van der Waals surface area (Å²) in [5, 5.41) is 2.20. The topological polar surface area (TPSA) is 9.86 Å². The van der Waals surface area contributed by atoms with Crippen molar-refractivity contribution in [2.24, 2.45) is 0 Å². The van der Waals surface area contributed by atoms with Crippen molar-refractivity contribution in [1.82, 2.24) is 9.13 Å². The molecule has 0 saturated heterocycles. The maximum Gasteiger partial charge on any atom is 0.0645 e. The van der Waals surface area contributed by atoms with Crippen molar-refractivity contribution in [2.75, 3.05) is 0 Å². The van der Waals surface area contributed by atoms with Crippen molar-refractivity contribution in [2.45, 2.75) is 0 Å². The summed E-state index contributed by atoms with van der Waals surface area (Å²) in [4.78, 5) is 0. The van der Waals surface area contributed by atoms with E-state index in [1.165, 1.54) is 0 Å². The van der Waals surface area contributed by atoms with Crippen molar-refractivity contribution in [3.63, 3.8) is 0 Å². The first-order valence-electron chi connectivity index (χ1n) is 24.3. The maximum atomic E-state index is 9.97. The lowest BCUT2D eigenvalue weighted by Crippen LogP contribution is -1.96. The predicted octanol–water partition coefficient (Wildman–Crippen LogP) is 16.2. The second kappa shape index (κ2) is 14.8. The Hall–Kier alpha value is -8.20. The Morgan fingerprint density at radius 2 is 0.806 bits per heavy atom. The smallest absolute Gasteiger partial charge is 0.0645 e. The summed E-state index contributed by atoms with van der Waals surface area (Å²) in [6.07, 6.45) is 0. The molecule has 0 amide bonds. The molecule has 290 valence electrons. The highest BCUT2D eigenvalue weighted by molar-refractivity contribution is 6.15. The first-order chi connectivity index (χ1) is 33.7. The molecule has 0 fully saturated rings. The standard InChI is InChI=1S/C60H40N2/c1-4-14-41(15-5-1)44-26-32-50(33-27-44)61-57-25-11-10-22-53(57)55-39-47(30-36-58(55)61)48-31-37-59-56(40-48)54-24-13-23-52(49-21-12-20-46(38-49)43-18-8-3-9-19-43)60(54)62(59)51-34-28-45(29-35-51)42-16-6-2-7-17-42/h1-40H/i10D,11D,22D,25D,30D,36D,39D. The molecule has 2 nitrogen and oxygen atoms in total. The van der Waals surface area contributed by atoms with Gasteiger partial charge >= 0.3 is 0 Å². The summed E-state index contributed by atoms with van der Waals surface area (Å²) in [6.45, 7) is 0. The third kappa shape index (κ3) is 6.04. The van der Waals surface area contributed by atoms with E-state index in [2.05, 4.69) is 95.6 Å². The predicted molar refractivity (Wildman–Crippen MR) is 262 cm³/mol. The molecule has 12 aromatic rings. The fourth-order valence-electron chi connectivity index (χ4n) is 9.01. The number of fused-ring (bicyclic) bond motifs is 6. The van der Waals surface area contributed by atoms with Crippen LogP contribution >= 0.6 is 0 Å². The van der Waals surface area contributed by atoms with E-state index >= 15 is 0 Å². The Balaban J connectivity index is 1.10. The van der Waals surface area contributed by atoms with Gasteiger partial charge in [-0.2, -0.15) is 0 Å². The molecule has 62 heavy (non-hydrogen) atoms. The van der Waals surface area contributed by atoms with Gasteiger partial charge in [-0.15, -0.1) is 0 Å². The molecule has 0 aliphatic carbocycles. The third-order valence-electron chi connectivity index (χ3n) is 12.0. The number of hydrogen-bond acceptors (Lipinski definition) is 0. The summed E-state index contributed by atoms with van der Waals surface area (Å²) >= 11 is 0. The van der Waals surface area contributed by atoms with Crippen LogP contribution in [0.4, 0.5) is 0 Å². The molecule has 0 bridgehead atoms. The Morgan fingerprint density at radius 3 is 1.48 bits per heavy atom. The van der Waals surface area contributed by atoms with E-state index in [-0.39, 0.29) is 57.6 Å². The van der Waals surface area contributed by atoms with Crippen LogP contribution in [0.25, 0.3) is 111 Å². The van der Waals surface area contributed by atoms with Gasteiger partial charge in [-0.3, -0.25) is 0 Å². The van der Waals surface area contributed by atoms with Gasteiger partial charge in [0.1, 0.15) is 0 Å². The van der Waals surface area contributed by atoms with Crippen molar-refractivity contribution in [1.29, 1.82) is 0 Å². The second-order valence-electron chi connectivity index (χ2n) is 15.6. The van der Waals surface area contributed by atoms with Crippen molar-refractivity contribution < 1.29 is 9.60 Å². The lowest BCUT2D eigenvalue weighted by molar-refractivity contribution is 1.18. The molecular weight excluding hydrogens is 749 g/mol. The fraction of sp³-hybridized carbons (Fsp3) is 0. The van der Waals surface area contributed by atoms with E-state index in [1.807, 2.05) is 109 Å². The minimum absolute atomic E-state index is 0.0845. The van der Waals surface area contributed by atoms with Crippen LogP contribution in [0.2, 0.25) is 0 Å². The molecule has 0 saturated carbocycles. The average molecular weight is 796 g/mol. The van der Waals surface area contributed by atoms with Crippen LogP contribution in [0.3, 0.4) is 0 Å². The first kappa shape index (κ1) is 29.1. The third-order valence-corrected chi connectivity index (χ3v) is 12.0. The highest BCUT2D eigenvalue weighted by Crippen LogP contribution is 2.42. The second-order valence-corrected chi connectivity index (χ2v) is 15.6. The molecule has 2 heterocycles. The molecule has 0 atom stereocenters. The highest BCUT2D eigenvalue weighted by atomic mass is 15.0. The summed E-state index contributed by atoms with van der Waals surface area (Å²) in [5.41, 5.74) is 13.0. The van der Waals surface area contributed by atoms with Gasteiger partial charge in [0.25, 0.3) is 0 Å². The minimum atomic E-state index is -0.426. The monoisotopic (exact) mass is 795 g/mol. The van der Waals surface area contributed by atoms with Crippen LogP contribution in [0, 0.1) is 0 Å². The van der Waals surface area contributed by atoms with Crippen LogP contribution in [-0.4, -0.2) is 9.13 Å². The number of hydrogen-bond donors (Lipinski definition) is 0. The van der Waals surface area contributed by atoms with Crippen molar-refractivity contribution in [3.8, 4) is 67.0 Å². The molecule has 12 rings (SSSR count). The van der Waals surface area contributed by atoms with Crippen LogP contribution in [0.1, 0.15) is 9.60 Å². The van der Waals surface area contributed by atoms with Crippen LogP contribution in [-0.2, 0) is 0 Å². The molecular formula is C60H40N2. The number of aromatic nitrogens is 2. The highest BCUT2D eigenvalue weighted by Gasteiger charge is 2.19. The minimum Gasteiger partial charge on any atom is -0.309 e. The number of nitrogens with zero attached hydrogens (tertiary/aromatic N) is 2. The van der Waals surface area contributed by atoms with Gasteiger partial charge in [-0.1, -0.05) is 182 Å². The van der Waals surface area contributed by atoms with Crippen LogP contribution < -0.4 is 0 Å². The van der Waals surface area contributed by atoms with E-state index in [1.54, 1.807) is 4.57 Å². The molecule has 2 aromatic heterocycles. The molecule has 0 unspecified atom stereocenters. The number of benzene rings is 10.